The maximum Gasteiger partial charge on any atom is 0.329 e. The summed E-state index contributed by atoms with van der Waals surface area (Å²) >= 11 is 1.23. The molecule has 0 bridgehead atoms. The van der Waals surface area contributed by atoms with Crippen LogP contribution in [0.1, 0.15) is 24.3 Å². The minimum absolute atomic E-state index is 0.361. The van der Waals surface area contributed by atoms with Crippen LogP contribution in [0, 0.1) is 6.92 Å². The largest absolute Gasteiger partial charge is 0.480 e. The lowest BCUT2D eigenvalue weighted by Gasteiger charge is -2.37. The van der Waals surface area contributed by atoms with Gasteiger partial charge in [0.15, 0.2) is 0 Å². The molecule has 0 spiro atoms. The van der Waals surface area contributed by atoms with Crippen LogP contribution in [0.4, 0.5) is 9.93 Å². The Morgan fingerprint density at radius 3 is 2.53 bits per heavy atom. The molecule has 1 aromatic rings. The molecule has 8 heteroatoms. The molecule has 0 saturated heterocycles. The lowest BCUT2D eigenvalue weighted by molar-refractivity contribution is -0.148. The van der Waals surface area contributed by atoms with Gasteiger partial charge in [-0.3, -0.25) is 5.32 Å². The van der Waals surface area contributed by atoms with Gasteiger partial charge < -0.3 is 10.4 Å². The molecule has 1 aromatic heterocycles. The zero-order valence-corrected chi connectivity index (χ0v) is 10.0. The van der Waals surface area contributed by atoms with Crippen molar-refractivity contribution in [3.05, 3.63) is 5.01 Å². The highest BCUT2D eigenvalue weighted by molar-refractivity contribution is 7.15. The number of urea groups is 1. The average Bonchev–Trinajstić information content (AvgIpc) is 2.57. The summed E-state index contributed by atoms with van der Waals surface area (Å²) in [5.74, 6) is -0.993. The van der Waals surface area contributed by atoms with Crippen molar-refractivity contribution < 1.29 is 14.7 Å². The number of carbonyl (C=O) groups excluding carboxylic acids is 1. The van der Waals surface area contributed by atoms with E-state index in [9.17, 15) is 9.59 Å². The van der Waals surface area contributed by atoms with E-state index in [1.807, 2.05) is 0 Å². The van der Waals surface area contributed by atoms with Gasteiger partial charge in [0.25, 0.3) is 0 Å². The lowest BCUT2D eigenvalue weighted by Crippen LogP contribution is -2.60. The van der Waals surface area contributed by atoms with Crippen LogP contribution in [0.25, 0.3) is 0 Å². The molecular weight excluding hydrogens is 244 g/mol. The molecule has 0 radical (unpaired) electrons. The first-order valence-corrected chi connectivity index (χ1v) is 5.96. The fourth-order valence-corrected chi connectivity index (χ4v) is 2.20. The molecule has 92 valence electrons. The minimum atomic E-state index is -1.11. The van der Waals surface area contributed by atoms with Gasteiger partial charge in [0.2, 0.25) is 5.13 Å². The van der Waals surface area contributed by atoms with E-state index in [1.165, 1.54) is 11.3 Å². The number of amides is 2. The number of carboxylic acids is 1. The van der Waals surface area contributed by atoms with Crippen LogP contribution in [-0.4, -0.2) is 32.8 Å². The Kier molecular flexibility index (Phi) is 2.97. The highest BCUT2D eigenvalue weighted by Crippen LogP contribution is 2.32. The SMILES string of the molecule is Cc1nnc(NC(=O)NC2(C(=O)O)CCC2)s1. The number of aryl methyl sites for hydroxylation is 1. The summed E-state index contributed by atoms with van der Waals surface area (Å²) in [6, 6.07) is -0.553. The first-order valence-electron chi connectivity index (χ1n) is 5.14. The van der Waals surface area contributed by atoms with E-state index < -0.39 is 17.5 Å². The van der Waals surface area contributed by atoms with Gasteiger partial charge in [-0.25, -0.2) is 9.59 Å². The predicted molar refractivity (Wildman–Crippen MR) is 61.0 cm³/mol. The predicted octanol–water partition coefficient (Wildman–Crippen LogP) is 0.975. The van der Waals surface area contributed by atoms with Crippen LogP contribution >= 0.6 is 11.3 Å². The Bertz CT molecular complexity index is 455. The van der Waals surface area contributed by atoms with Gasteiger partial charge in [-0.2, -0.15) is 0 Å². The van der Waals surface area contributed by atoms with Crippen LogP contribution in [0.5, 0.6) is 0 Å². The fourth-order valence-electron chi connectivity index (χ4n) is 1.62. The topological polar surface area (TPSA) is 104 Å². The Labute approximate surface area is 101 Å². The number of nitrogens with zero attached hydrogens (tertiary/aromatic N) is 2. The second-order valence-corrected chi connectivity index (χ2v) is 5.13. The molecule has 1 fully saturated rings. The van der Waals surface area contributed by atoms with Crippen LogP contribution in [0.3, 0.4) is 0 Å². The van der Waals surface area contributed by atoms with Crippen molar-refractivity contribution in [3.8, 4) is 0 Å². The zero-order valence-electron chi connectivity index (χ0n) is 9.19. The molecule has 2 rings (SSSR count). The molecule has 0 atom stereocenters. The number of hydrogen-bond acceptors (Lipinski definition) is 5. The van der Waals surface area contributed by atoms with Gasteiger partial charge in [0.05, 0.1) is 0 Å². The molecule has 1 aliphatic carbocycles. The smallest absolute Gasteiger partial charge is 0.329 e. The van der Waals surface area contributed by atoms with Gasteiger partial charge in [-0.05, 0) is 26.2 Å². The first kappa shape index (κ1) is 11.8. The molecule has 1 heterocycles. The second kappa shape index (κ2) is 4.28. The summed E-state index contributed by atoms with van der Waals surface area (Å²) in [7, 11) is 0. The van der Waals surface area contributed by atoms with Gasteiger partial charge in [-0.15, -0.1) is 10.2 Å². The van der Waals surface area contributed by atoms with Crippen molar-refractivity contribution in [1.29, 1.82) is 0 Å². The van der Waals surface area contributed by atoms with Crippen molar-refractivity contribution in [2.75, 3.05) is 5.32 Å². The van der Waals surface area contributed by atoms with E-state index in [-0.39, 0.29) is 0 Å². The standard InChI is InChI=1S/C9H12N4O3S/c1-5-12-13-8(17-5)10-7(16)11-9(6(14)15)3-2-4-9/h2-4H2,1H3,(H,14,15)(H2,10,11,13,16). The third-order valence-corrected chi connectivity index (χ3v) is 3.47. The van der Waals surface area contributed by atoms with Gasteiger partial charge in [0.1, 0.15) is 10.5 Å². The van der Waals surface area contributed by atoms with Crippen molar-refractivity contribution in [2.45, 2.75) is 31.7 Å². The molecule has 2 amide bonds. The molecule has 17 heavy (non-hydrogen) atoms. The average molecular weight is 256 g/mol. The summed E-state index contributed by atoms with van der Waals surface area (Å²) in [5.41, 5.74) is -1.11. The van der Waals surface area contributed by atoms with E-state index in [0.29, 0.717) is 18.0 Å². The Balaban J connectivity index is 1.95. The number of carbonyl (C=O) groups is 2. The molecule has 0 unspecified atom stereocenters. The summed E-state index contributed by atoms with van der Waals surface area (Å²) < 4.78 is 0. The summed E-state index contributed by atoms with van der Waals surface area (Å²) in [6.45, 7) is 1.77. The van der Waals surface area contributed by atoms with Gasteiger partial charge in [0, 0.05) is 0 Å². The maximum atomic E-state index is 11.6. The number of rotatable bonds is 3. The van der Waals surface area contributed by atoms with Gasteiger partial charge in [-0.1, -0.05) is 11.3 Å². The molecule has 0 aliphatic heterocycles. The molecular formula is C9H12N4O3S. The monoisotopic (exact) mass is 256 g/mol. The Morgan fingerprint density at radius 1 is 1.41 bits per heavy atom. The number of nitrogens with one attached hydrogen (secondary N) is 2. The second-order valence-electron chi connectivity index (χ2n) is 3.95. The van der Waals surface area contributed by atoms with E-state index in [0.717, 1.165) is 11.4 Å². The van der Waals surface area contributed by atoms with Crippen LogP contribution in [-0.2, 0) is 4.79 Å². The van der Waals surface area contributed by atoms with Crippen molar-refractivity contribution in [2.24, 2.45) is 0 Å². The van der Waals surface area contributed by atoms with Crippen LogP contribution < -0.4 is 10.6 Å². The van der Waals surface area contributed by atoms with Gasteiger partial charge >= 0.3 is 12.0 Å². The lowest BCUT2D eigenvalue weighted by atomic mass is 9.77. The van der Waals surface area contributed by atoms with Crippen molar-refractivity contribution >= 4 is 28.5 Å². The third-order valence-electron chi connectivity index (χ3n) is 2.72. The summed E-state index contributed by atoms with van der Waals surface area (Å²) in [5, 5.41) is 22.5. The van der Waals surface area contributed by atoms with Crippen LogP contribution in [0.15, 0.2) is 0 Å². The molecule has 7 nitrogen and oxygen atoms in total. The highest BCUT2D eigenvalue weighted by atomic mass is 32.1. The third kappa shape index (κ3) is 2.36. The number of hydrogen-bond donors (Lipinski definition) is 3. The zero-order chi connectivity index (χ0) is 12.5. The van der Waals surface area contributed by atoms with Crippen LogP contribution in [0.2, 0.25) is 0 Å². The maximum absolute atomic E-state index is 11.6. The normalized spacial score (nSPS) is 17.0. The summed E-state index contributed by atoms with van der Waals surface area (Å²) in [4.78, 5) is 22.6. The molecule has 1 aliphatic rings. The van der Waals surface area contributed by atoms with E-state index in [1.54, 1.807) is 6.92 Å². The highest BCUT2D eigenvalue weighted by Gasteiger charge is 2.45. The molecule has 0 aromatic carbocycles. The Morgan fingerprint density at radius 2 is 2.12 bits per heavy atom. The summed E-state index contributed by atoms with van der Waals surface area (Å²) in [6.07, 6.45) is 1.74. The Hall–Kier alpha value is -1.70. The van der Waals surface area contributed by atoms with Crippen molar-refractivity contribution in [3.63, 3.8) is 0 Å². The molecule has 1 saturated carbocycles. The van der Waals surface area contributed by atoms with E-state index in [4.69, 9.17) is 5.11 Å². The van der Waals surface area contributed by atoms with Crippen molar-refractivity contribution in [1.82, 2.24) is 15.5 Å². The number of aliphatic carboxylic acids is 1. The first-order chi connectivity index (χ1) is 8.02. The quantitative estimate of drug-likeness (QED) is 0.747. The fraction of sp³-hybridized carbons (Fsp3) is 0.556. The number of aromatic nitrogens is 2. The van der Waals surface area contributed by atoms with E-state index >= 15 is 0 Å². The number of anilines is 1. The number of carboxylic acid groups (broad SMARTS) is 1. The minimum Gasteiger partial charge on any atom is -0.480 e. The van der Waals surface area contributed by atoms with E-state index in [2.05, 4.69) is 20.8 Å². The molecule has 3 N–H and O–H groups in total.